The van der Waals surface area contributed by atoms with Crippen molar-refractivity contribution >= 4 is 34.0 Å². The lowest BCUT2D eigenvalue weighted by atomic mass is 10.2. The summed E-state index contributed by atoms with van der Waals surface area (Å²) >= 11 is 3.08. The predicted octanol–water partition coefficient (Wildman–Crippen LogP) is 5.29. The minimum absolute atomic E-state index is 0.0425. The molecule has 1 aliphatic rings. The molecular weight excluding hydrogens is 393 g/mol. The predicted molar refractivity (Wildman–Crippen MR) is 111 cm³/mol. The fourth-order valence-corrected chi connectivity index (χ4v) is 5.01. The van der Waals surface area contributed by atoms with Crippen LogP contribution in [0.3, 0.4) is 0 Å². The van der Waals surface area contributed by atoms with Gasteiger partial charge in [-0.3, -0.25) is 9.36 Å². The summed E-state index contributed by atoms with van der Waals surface area (Å²) in [6.45, 7) is 0. The standard InChI is InChI=1S/C21H16FN3OS2/c22-14-7-5-13(6-8-14)19-23-15(11-27-19)12-28-21-24-18-4-2-1-3-17(18)20(26)25(21)16-9-10-16/h1-8,11,16H,9-10,12H2. The fourth-order valence-electron chi connectivity index (χ4n) is 3.12. The monoisotopic (exact) mass is 409 g/mol. The van der Waals surface area contributed by atoms with Gasteiger partial charge in [0.1, 0.15) is 10.8 Å². The van der Waals surface area contributed by atoms with E-state index in [0.717, 1.165) is 39.8 Å². The number of rotatable bonds is 5. The van der Waals surface area contributed by atoms with Crippen molar-refractivity contribution in [1.82, 2.24) is 14.5 Å². The quantitative estimate of drug-likeness (QED) is 0.332. The molecule has 4 aromatic rings. The van der Waals surface area contributed by atoms with E-state index in [1.807, 2.05) is 34.2 Å². The van der Waals surface area contributed by atoms with Crippen molar-refractivity contribution in [1.29, 1.82) is 0 Å². The number of fused-ring (bicyclic) bond motifs is 1. The van der Waals surface area contributed by atoms with Gasteiger partial charge >= 0.3 is 0 Å². The van der Waals surface area contributed by atoms with Crippen LogP contribution in [0.15, 0.2) is 63.9 Å². The molecule has 0 unspecified atom stereocenters. The van der Waals surface area contributed by atoms with Gasteiger partial charge in [0.2, 0.25) is 0 Å². The average molecular weight is 410 g/mol. The van der Waals surface area contributed by atoms with E-state index in [1.165, 1.54) is 23.5 Å². The lowest BCUT2D eigenvalue weighted by molar-refractivity contribution is 0.618. The zero-order chi connectivity index (χ0) is 19.1. The number of hydrogen-bond donors (Lipinski definition) is 0. The van der Waals surface area contributed by atoms with Crippen LogP contribution in [-0.4, -0.2) is 14.5 Å². The molecule has 1 saturated carbocycles. The molecule has 0 atom stereocenters. The number of thiazole rings is 1. The normalized spacial score (nSPS) is 13.9. The highest BCUT2D eigenvalue weighted by molar-refractivity contribution is 7.98. The molecule has 0 radical (unpaired) electrons. The molecule has 0 saturated heterocycles. The fraction of sp³-hybridized carbons (Fsp3) is 0.190. The molecule has 1 fully saturated rings. The minimum atomic E-state index is -0.253. The molecule has 5 rings (SSSR count). The molecule has 0 bridgehead atoms. The summed E-state index contributed by atoms with van der Waals surface area (Å²) in [4.78, 5) is 22.3. The Morgan fingerprint density at radius 3 is 2.68 bits per heavy atom. The second-order valence-electron chi connectivity index (χ2n) is 6.76. The first-order valence-electron chi connectivity index (χ1n) is 9.03. The molecule has 0 amide bonds. The van der Waals surface area contributed by atoms with Crippen molar-refractivity contribution in [3.05, 3.63) is 75.8 Å². The number of nitrogens with zero attached hydrogens (tertiary/aromatic N) is 3. The lowest BCUT2D eigenvalue weighted by Crippen LogP contribution is -2.22. The largest absolute Gasteiger partial charge is 0.284 e. The summed E-state index contributed by atoms with van der Waals surface area (Å²) in [5.74, 6) is 0.381. The zero-order valence-electron chi connectivity index (χ0n) is 14.8. The molecular formula is C21H16FN3OS2. The van der Waals surface area contributed by atoms with Crippen LogP contribution in [-0.2, 0) is 5.75 Å². The minimum Gasteiger partial charge on any atom is -0.284 e. The molecule has 7 heteroatoms. The summed E-state index contributed by atoms with van der Waals surface area (Å²) in [6, 6.07) is 14.1. The molecule has 2 heterocycles. The van der Waals surface area contributed by atoms with Crippen molar-refractivity contribution in [2.75, 3.05) is 0 Å². The smallest absolute Gasteiger partial charge is 0.262 e. The van der Waals surface area contributed by atoms with Gasteiger partial charge in [-0.15, -0.1) is 11.3 Å². The van der Waals surface area contributed by atoms with Crippen molar-refractivity contribution in [3.8, 4) is 10.6 Å². The summed E-state index contributed by atoms with van der Waals surface area (Å²) < 4.78 is 15.0. The van der Waals surface area contributed by atoms with E-state index >= 15 is 0 Å². The number of thioether (sulfide) groups is 1. The number of benzene rings is 2. The van der Waals surface area contributed by atoms with E-state index in [-0.39, 0.29) is 17.4 Å². The van der Waals surface area contributed by atoms with Crippen molar-refractivity contribution in [2.45, 2.75) is 29.8 Å². The van der Waals surface area contributed by atoms with Gasteiger partial charge in [0.25, 0.3) is 5.56 Å². The number of halogens is 1. The Bertz CT molecular complexity index is 1210. The SMILES string of the molecule is O=c1c2ccccc2nc(SCc2csc(-c3ccc(F)cc3)n2)n1C1CC1. The number of para-hydroxylation sites is 1. The lowest BCUT2D eigenvalue weighted by Gasteiger charge is -2.11. The molecule has 2 aromatic heterocycles. The third-order valence-corrected chi connectivity index (χ3v) is 6.61. The zero-order valence-corrected chi connectivity index (χ0v) is 16.5. The highest BCUT2D eigenvalue weighted by Crippen LogP contribution is 2.37. The van der Waals surface area contributed by atoms with Crippen molar-refractivity contribution < 1.29 is 4.39 Å². The summed E-state index contributed by atoms with van der Waals surface area (Å²) in [7, 11) is 0. The molecule has 0 spiro atoms. The first kappa shape index (κ1) is 17.6. The van der Waals surface area contributed by atoms with Crippen LogP contribution in [0.4, 0.5) is 4.39 Å². The Balaban J connectivity index is 1.43. The molecule has 140 valence electrons. The maximum absolute atomic E-state index is 13.1. The van der Waals surface area contributed by atoms with E-state index in [2.05, 4.69) is 4.98 Å². The molecule has 0 N–H and O–H groups in total. The highest BCUT2D eigenvalue weighted by Gasteiger charge is 2.28. The Kier molecular flexibility index (Phi) is 4.49. The van der Waals surface area contributed by atoms with Gasteiger partial charge < -0.3 is 0 Å². The third-order valence-electron chi connectivity index (χ3n) is 4.68. The van der Waals surface area contributed by atoms with E-state index in [9.17, 15) is 9.18 Å². The van der Waals surface area contributed by atoms with Crippen LogP contribution in [0, 0.1) is 5.82 Å². The van der Waals surface area contributed by atoms with Crippen LogP contribution < -0.4 is 5.56 Å². The first-order valence-corrected chi connectivity index (χ1v) is 10.9. The van der Waals surface area contributed by atoms with Crippen LogP contribution >= 0.6 is 23.1 Å². The first-order chi connectivity index (χ1) is 13.7. The van der Waals surface area contributed by atoms with Crippen molar-refractivity contribution in [2.24, 2.45) is 0 Å². The summed E-state index contributed by atoms with van der Waals surface area (Å²) in [5.41, 5.74) is 2.61. The molecule has 1 aliphatic carbocycles. The van der Waals surface area contributed by atoms with E-state index in [0.29, 0.717) is 11.1 Å². The van der Waals surface area contributed by atoms with Gasteiger partial charge in [0.15, 0.2) is 5.16 Å². The molecule has 2 aromatic carbocycles. The van der Waals surface area contributed by atoms with Gasteiger partial charge in [-0.2, -0.15) is 0 Å². The van der Waals surface area contributed by atoms with E-state index in [4.69, 9.17) is 4.98 Å². The Labute approximate surface area is 169 Å². The summed E-state index contributed by atoms with van der Waals surface area (Å²) in [6.07, 6.45) is 2.05. The van der Waals surface area contributed by atoms with Crippen LogP contribution in [0.1, 0.15) is 24.6 Å². The Morgan fingerprint density at radius 2 is 1.89 bits per heavy atom. The average Bonchev–Trinajstić information content (AvgIpc) is 3.43. The highest BCUT2D eigenvalue weighted by atomic mass is 32.2. The van der Waals surface area contributed by atoms with E-state index in [1.54, 1.807) is 23.9 Å². The van der Waals surface area contributed by atoms with Crippen LogP contribution in [0.5, 0.6) is 0 Å². The second-order valence-corrected chi connectivity index (χ2v) is 8.56. The number of aromatic nitrogens is 3. The van der Waals surface area contributed by atoms with E-state index < -0.39 is 0 Å². The van der Waals surface area contributed by atoms with Crippen LogP contribution in [0.25, 0.3) is 21.5 Å². The van der Waals surface area contributed by atoms with Crippen molar-refractivity contribution in [3.63, 3.8) is 0 Å². The van der Waals surface area contributed by atoms with Gasteiger partial charge in [-0.05, 0) is 49.2 Å². The third kappa shape index (κ3) is 3.36. The molecule has 4 nitrogen and oxygen atoms in total. The Hall–Kier alpha value is -2.51. The summed E-state index contributed by atoms with van der Waals surface area (Å²) in [5, 5.41) is 4.29. The topological polar surface area (TPSA) is 47.8 Å². The maximum atomic E-state index is 13.1. The van der Waals surface area contributed by atoms with Gasteiger partial charge in [-0.25, -0.2) is 14.4 Å². The second kappa shape index (κ2) is 7.14. The maximum Gasteiger partial charge on any atom is 0.262 e. The molecule has 28 heavy (non-hydrogen) atoms. The van der Waals surface area contributed by atoms with Gasteiger partial charge in [-0.1, -0.05) is 23.9 Å². The van der Waals surface area contributed by atoms with Gasteiger partial charge in [0, 0.05) is 22.7 Å². The number of hydrogen-bond acceptors (Lipinski definition) is 5. The van der Waals surface area contributed by atoms with Crippen LogP contribution in [0.2, 0.25) is 0 Å². The van der Waals surface area contributed by atoms with Gasteiger partial charge in [0.05, 0.1) is 16.6 Å². The molecule has 0 aliphatic heterocycles. The Morgan fingerprint density at radius 1 is 1.11 bits per heavy atom.